The molecular weight excluding hydrogens is 582 g/mol. The van der Waals surface area contributed by atoms with Gasteiger partial charge in [-0.25, -0.2) is 0 Å². The third kappa shape index (κ3) is 5.10. The van der Waals surface area contributed by atoms with Gasteiger partial charge in [-0.05, 0) is 75.6 Å². The van der Waals surface area contributed by atoms with E-state index < -0.39 is 5.92 Å². The van der Waals surface area contributed by atoms with Crippen LogP contribution >= 0.6 is 15.9 Å². The molecule has 0 saturated carbocycles. The molecule has 0 spiro atoms. The Kier molecular flexibility index (Phi) is 8.00. The van der Waals surface area contributed by atoms with Crippen LogP contribution < -0.4 is 9.47 Å². The molecule has 6 nitrogen and oxygen atoms in total. The van der Waals surface area contributed by atoms with Gasteiger partial charge < -0.3 is 19.1 Å². The Balaban J connectivity index is 1.42. The molecule has 1 heterocycles. The minimum absolute atomic E-state index is 0.120. The zero-order valence-corrected chi connectivity index (χ0v) is 25.1. The molecule has 0 bridgehead atoms. The third-order valence-electron chi connectivity index (χ3n) is 8.44. The first kappa shape index (κ1) is 27.7. The minimum atomic E-state index is -0.420. The first-order chi connectivity index (χ1) is 20.0. The Labute approximate surface area is 249 Å². The number of hydrogen-bond acceptors (Lipinski definition) is 6. The van der Waals surface area contributed by atoms with Gasteiger partial charge in [0.15, 0.2) is 23.1 Å². The van der Waals surface area contributed by atoms with Crippen molar-refractivity contribution in [3.8, 4) is 11.5 Å². The molecule has 6 rings (SSSR count). The van der Waals surface area contributed by atoms with Crippen molar-refractivity contribution in [2.45, 2.75) is 51.0 Å². The van der Waals surface area contributed by atoms with E-state index in [9.17, 15) is 9.59 Å². The van der Waals surface area contributed by atoms with Gasteiger partial charge in [0.1, 0.15) is 6.61 Å². The molecule has 0 saturated heterocycles. The molecule has 0 amide bonds. The summed E-state index contributed by atoms with van der Waals surface area (Å²) in [4.78, 5) is 29.4. The number of Topliss-reactive ketones (excluding diaryl/α,β-unsaturated/α-hetero) is 2. The topological polar surface area (TPSA) is 65.1 Å². The molecule has 7 heteroatoms. The van der Waals surface area contributed by atoms with E-state index in [1.807, 2.05) is 30.3 Å². The minimum Gasteiger partial charge on any atom is -0.493 e. The van der Waals surface area contributed by atoms with Crippen molar-refractivity contribution in [1.29, 1.82) is 0 Å². The van der Waals surface area contributed by atoms with Crippen LogP contribution in [0.3, 0.4) is 0 Å². The van der Waals surface area contributed by atoms with Gasteiger partial charge in [0.05, 0.1) is 18.2 Å². The summed E-state index contributed by atoms with van der Waals surface area (Å²) >= 11 is 3.75. The summed E-state index contributed by atoms with van der Waals surface area (Å²) in [5.74, 6) is 0.976. The number of ether oxygens (including phenoxy) is 3. The Morgan fingerprint density at radius 1 is 0.878 bits per heavy atom. The van der Waals surface area contributed by atoms with E-state index in [-0.39, 0.29) is 11.6 Å². The van der Waals surface area contributed by atoms with Crippen LogP contribution in [0.5, 0.6) is 11.5 Å². The van der Waals surface area contributed by atoms with Gasteiger partial charge in [-0.3, -0.25) is 9.59 Å². The molecular formula is C34H34BrNO5. The second-order valence-corrected chi connectivity index (χ2v) is 11.7. The number of nitrogens with zero attached hydrogens (tertiary/aromatic N) is 1. The molecule has 3 aromatic rings. The van der Waals surface area contributed by atoms with Crippen molar-refractivity contribution in [3.63, 3.8) is 0 Å². The monoisotopic (exact) mass is 615 g/mol. The highest BCUT2D eigenvalue weighted by Crippen LogP contribution is 2.51. The van der Waals surface area contributed by atoms with E-state index in [0.29, 0.717) is 44.1 Å². The average molecular weight is 617 g/mol. The Hall–Kier alpha value is -3.42. The summed E-state index contributed by atoms with van der Waals surface area (Å²) in [6, 6.07) is 18.4. The SMILES string of the molecule is COCCN1C2=C(C(=O)CCC2)C(c2cc(Br)c(OCc3cccc4ccccc34)c(OC)c2)C2=C1CCCC2=O. The summed E-state index contributed by atoms with van der Waals surface area (Å²) in [5, 5.41) is 2.31. The highest BCUT2D eigenvalue weighted by Gasteiger charge is 2.43. The molecule has 3 aromatic carbocycles. The molecule has 0 aromatic heterocycles. The second kappa shape index (κ2) is 11.8. The van der Waals surface area contributed by atoms with Crippen molar-refractivity contribution >= 4 is 38.3 Å². The fourth-order valence-corrected chi connectivity index (χ4v) is 7.19. The van der Waals surface area contributed by atoms with E-state index in [0.717, 1.165) is 74.6 Å². The molecule has 0 radical (unpaired) electrons. The molecule has 0 N–H and O–H groups in total. The molecule has 3 aliphatic rings. The predicted molar refractivity (Wildman–Crippen MR) is 162 cm³/mol. The number of allylic oxidation sites excluding steroid dienone is 4. The summed E-state index contributed by atoms with van der Waals surface area (Å²) in [7, 11) is 3.31. The number of benzene rings is 3. The molecule has 212 valence electrons. The largest absolute Gasteiger partial charge is 0.493 e. The number of hydrogen-bond donors (Lipinski definition) is 0. The summed E-state index contributed by atoms with van der Waals surface area (Å²) < 4.78 is 18.4. The zero-order valence-electron chi connectivity index (χ0n) is 23.5. The first-order valence-corrected chi connectivity index (χ1v) is 15.1. The van der Waals surface area contributed by atoms with Gasteiger partial charge in [0.25, 0.3) is 0 Å². The van der Waals surface area contributed by atoms with Gasteiger partial charge >= 0.3 is 0 Å². The van der Waals surface area contributed by atoms with E-state index >= 15 is 0 Å². The highest BCUT2D eigenvalue weighted by molar-refractivity contribution is 9.10. The number of halogens is 1. The van der Waals surface area contributed by atoms with Crippen molar-refractivity contribution in [1.82, 2.24) is 4.90 Å². The van der Waals surface area contributed by atoms with Gasteiger partial charge in [0, 0.05) is 55.0 Å². The van der Waals surface area contributed by atoms with Crippen LogP contribution in [0.2, 0.25) is 0 Å². The maximum Gasteiger partial charge on any atom is 0.175 e. The third-order valence-corrected chi connectivity index (χ3v) is 9.03. The number of fused-ring (bicyclic) bond motifs is 1. The van der Waals surface area contributed by atoms with Crippen LogP contribution in [0.1, 0.15) is 55.6 Å². The quantitative estimate of drug-likeness (QED) is 0.266. The average Bonchev–Trinajstić information content (AvgIpc) is 2.99. The van der Waals surface area contributed by atoms with Crippen LogP contribution in [0.15, 0.2) is 81.6 Å². The standard InChI is InChI=1S/C34H34BrNO5/c1-39-17-16-36-26-12-6-14-28(37)32(26)31(33-27(36)13-7-15-29(33)38)23-18-25(35)34(30(19-23)40-2)41-20-22-10-5-9-21-8-3-4-11-24(21)22/h3-5,8-11,18-19,31H,6-7,12-17,20H2,1-2H3. The van der Waals surface area contributed by atoms with Crippen molar-refractivity contribution in [3.05, 3.63) is 92.7 Å². The van der Waals surface area contributed by atoms with Crippen LogP contribution in [0.25, 0.3) is 10.8 Å². The van der Waals surface area contributed by atoms with Crippen molar-refractivity contribution in [2.24, 2.45) is 0 Å². The van der Waals surface area contributed by atoms with E-state index in [1.165, 1.54) is 0 Å². The van der Waals surface area contributed by atoms with E-state index in [2.05, 4.69) is 45.1 Å². The molecule has 2 aliphatic carbocycles. The summed E-state index contributed by atoms with van der Waals surface area (Å²) in [6.07, 6.45) is 4.26. The second-order valence-electron chi connectivity index (χ2n) is 10.8. The lowest BCUT2D eigenvalue weighted by Crippen LogP contribution is -2.40. The van der Waals surface area contributed by atoms with Gasteiger partial charge in [-0.15, -0.1) is 0 Å². The fraction of sp³-hybridized carbons (Fsp3) is 0.353. The Morgan fingerprint density at radius 3 is 2.24 bits per heavy atom. The Morgan fingerprint density at radius 2 is 1.56 bits per heavy atom. The van der Waals surface area contributed by atoms with E-state index in [4.69, 9.17) is 14.2 Å². The normalized spacial score (nSPS) is 17.7. The van der Waals surface area contributed by atoms with Crippen LogP contribution in [0, 0.1) is 0 Å². The van der Waals surface area contributed by atoms with Crippen molar-refractivity contribution < 1.29 is 23.8 Å². The number of ketones is 2. The van der Waals surface area contributed by atoms with Crippen LogP contribution in [0.4, 0.5) is 0 Å². The Bertz CT molecular complexity index is 1540. The summed E-state index contributed by atoms with van der Waals surface area (Å²) in [6.45, 7) is 1.53. The predicted octanol–water partition coefficient (Wildman–Crippen LogP) is 7.25. The van der Waals surface area contributed by atoms with Gasteiger partial charge in [0.2, 0.25) is 0 Å². The van der Waals surface area contributed by atoms with Gasteiger partial charge in [-0.1, -0.05) is 42.5 Å². The number of rotatable bonds is 8. The number of carbonyl (C=O) groups excluding carboxylic acids is 2. The lowest BCUT2D eigenvalue weighted by Gasteiger charge is -2.44. The molecule has 0 fully saturated rings. The maximum atomic E-state index is 13.6. The van der Waals surface area contributed by atoms with Gasteiger partial charge in [-0.2, -0.15) is 0 Å². The molecule has 1 aliphatic heterocycles. The zero-order chi connectivity index (χ0) is 28.5. The maximum absolute atomic E-state index is 13.6. The lowest BCUT2D eigenvalue weighted by molar-refractivity contribution is -0.117. The van der Waals surface area contributed by atoms with Crippen molar-refractivity contribution in [2.75, 3.05) is 27.4 Å². The number of carbonyl (C=O) groups is 2. The van der Waals surface area contributed by atoms with Crippen LogP contribution in [-0.4, -0.2) is 43.8 Å². The molecule has 0 atom stereocenters. The highest BCUT2D eigenvalue weighted by atomic mass is 79.9. The van der Waals surface area contributed by atoms with Crippen LogP contribution in [-0.2, 0) is 20.9 Å². The lowest BCUT2D eigenvalue weighted by atomic mass is 9.71. The fourth-order valence-electron chi connectivity index (χ4n) is 6.62. The van der Waals surface area contributed by atoms with E-state index in [1.54, 1.807) is 14.2 Å². The molecule has 41 heavy (non-hydrogen) atoms. The number of methoxy groups -OCH3 is 2. The molecule has 0 unspecified atom stereocenters. The summed E-state index contributed by atoms with van der Waals surface area (Å²) in [5.41, 5.74) is 5.53. The smallest absolute Gasteiger partial charge is 0.175 e. The first-order valence-electron chi connectivity index (χ1n) is 14.3.